The number of thiazole rings is 1. The summed E-state index contributed by atoms with van der Waals surface area (Å²) in [5, 5.41) is -0.104. The van der Waals surface area contributed by atoms with E-state index < -0.39 is 24.3 Å². The normalized spacial score (nSPS) is 12.7. The standard InChI is InChI=1S/C12H8F5NO2S/c1-20-6-2-3-7-8(4-6)21-10(18-7)5-9(19)11(13,14)12(15,16)17/h2-4H,5H2,1H3. The first kappa shape index (κ1) is 15.6. The Morgan fingerprint density at radius 1 is 1.29 bits per heavy atom. The Morgan fingerprint density at radius 2 is 1.95 bits per heavy atom. The molecule has 3 nitrogen and oxygen atoms in total. The van der Waals surface area contributed by atoms with Crippen molar-refractivity contribution in [3.05, 3.63) is 23.2 Å². The van der Waals surface area contributed by atoms with E-state index in [-0.39, 0.29) is 5.01 Å². The number of Topliss-reactive ketones (excluding diaryl/α,β-unsaturated/α-hetero) is 1. The average molecular weight is 325 g/mol. The van der Waals surface area contributed by atoms with Gasteiger partial charge in [0, 0.05) is 0 Å². The number of ketones is 1. The Labute approximate surface area is 119 Å². The van der Waals surface area contributed by atoms with Gasteiger partial charge in [-0.05, 0) is 18.2 Å². The zero-order chi connectivity index (χ0) is 15.8. The van der Waals surface area contributed by atoms with E-state index in [0.29, 0.717) is 16.0 Å². The van der Waals surface area contributed by atoms with Crippen molar-refractivity contribution in [3.8, 4) is 5.75 Å². The minimum atomic E-state index is -5.90. The zero-order valence-electron chi connectivity index (χ0n) is 10.5. The number of aromatic nitrogens is 1. The predicted molar refractivity (Wildman–Crippen MR) is 65.9 cm³/mol. The van der Waals surface area contributed by atoms with E-state index in [1.54, 1.807) is 12.1 Å². The number of hydrogen-bond acceptors (Lipinski definition) is 4. The highest BCUT2D eigenvalue weighted by atomic mass is 32.1. The van der Waals surface area contributed by atoms with Crippen LogP contribution in [0.25, 0.3) is 10.2 Å². The number of alkyl halides is 5. The van der Waals surface area contributed by atoms with Crippen LogP contribution >= 0.6 is 11.3 Å². The van der Waals surface area contributed by atoms with Crippen LogP contribution in [0.5, 0.6) is 5.75 Å². The summed E-state index contributed by atoms with van der Waals surface area (Å²) >= 11 is 0.869. The highest BCUT2D eigenvalue weighted by Crippen LogP contribution is 2.37. The molecule has 2 aromatic rings. The van der Waals surface area contributed by atoms with Crippen molar-refractivity contribution in [2.24, 2.45) is 0 Å². The van der Waals surface area contributed by atoms with Gasteiger partial charge in [0.25, 0.3) is 0 Å². The summed E-state index contributed by atoms with van der Waals surface area (Å²) in [5.74, 6) is -7.10. The van der Waals surface area contributed by atoms with Crippen molar-refractivity contribution in [1.82, 2.24) is 4.98 Å². The van der Waals surface area contributed by atoms with E-state index in [4.69, 9.17) is 4.74 Å². The molecule has 1 aromatic heterocycles. The molecule has 21 heavy (non-hydrogen) atoms. The summed E-state index contributed by atoms with van der Waals surface area (Å²) in [6.07, 6.45) is -6.97. The van der Waals surface area contributed by atoms with Gasteiger partial charge in [0.05, 0.1) is 23.7 Å². The first-order chi connectivity index (χ1) is 9.65. The maximum atomic E-state index is 12.9. The van der Waals surface area contributed by atoms with Gasteiger partial charge in [0.1, 0.15) is 10.8 Å². The minimum Gasteiger partial charge on any atom is -0.497 e. The van der Waals surface area contributed by atoms with Crippen LogP contribution in [0.4, 0.5) is 22.0 Å². The second-order valence-corrected chi connectivity index (χ2v) is 5.23. The van der Waals surface area contributed by atoms with Gasteiger partial charge in [-0.1, -0.05) is 0 Å². The zero-order valence-corrected chi connectivity index (χ0v) is 11.3. The van der Waals surface area contributed by atoms with E-state index in [1.165, 1.54) is 13.2 Å². The van der Waals surface area contributed by atoms with Gasteiger partial charge in [-0.25, -0.2) is 4.98 Å². The van der Waals surface area contributed by atoms with E-state index in [1.807, 2.05) is 0 Å². The number of halogens is 5. The summed E-state index contributed by atoms with van der Waals surface area (Å²) in [5.41, 5.74) is 0.402. The number of carbonyl (C=O) groups excluding carboxylic acids is 1. The molecular weight excluding hydrogens is 317 g/mol. The molecule has 0 N–H and O–H groups in total. The van der Waals surface area contributed by atoms with Gasteiger partial charge >= 0.3 is 12.1 Å². The molecule has 0 saturated carbocycles. The summed E-state index contributed by atoms with van der Waals surface area (Å²) in [4.78, 5) is 15.0. The Morgan fingerprint density at radius 3 is 2.52 bits per heavy atom. The van der Waals surface area contributed by atoms with Crippen LogP contribution in [-0.4, -0.2) is 30.0 Å². The maximum absolute atomic E-state index is 12.9. The number of methoxy groups -OCH3 is 1. The monoisotopic (exact) mass is 325 g/mol. The second kappa shape index (κ2) is 5.21. The fourth-order valence-electron chi connectivity index (χ4n) is 1.56. The summed E-state index contributed by atoms with van der Waals surface area (Å²) < 4.78 is 67.5. The number of nitrogens with zero attached hydrogens (tertiary/aromatic N) is 1. The fourth-order valence-corrected chi connectivity index (χ4v) is 2.56. The largest absolute Gasteiger partial charge is 0.497 e. The highest BCUT2D eigenvalue weighted by molar-refractivity contribution is 7.18. The van der Waals surface area contributed by atoms with Gasteiger partial charge in [-0.15, -0.1) is 11.3 Å². The lowest BCUT2D eigenvalue weighted by molar-refractivity contribution is -0.268. The van der Waals surface area contributed by atoms with Crippen molar-refractivity contribution >= 4 is 27.3 Å². The van der Waals surface area contributed by atoms with E-state index in [2.05, 4.69) is 4.98 Å². The van der Waals surface area contributed by atoms with Gasteiger partial charge in [0.15, 0.2) is 0 Å². The number of rotatable bonds is 4. The molecule has 1 aromatic carbocycles. The molecule has 0 saturated heterocycles. The quantitative estimate of drug-likeness (QED) is 0.806. The summed E-state index contributed by atoms with van der Waals surface area (Å²) in [7, 11) is 1.43. The summed E-state index contributed by atoms with van der Waals surface area (Å²) in [6, 6.07) is 4.65. The van der Waals surface area contributed by atoms with Crippen molar-refractivity contribution < 1.29 is 31.5 Å². The third-order valence-electron chi connectivity index (χ3n) is 2.66. The van der Waals surface area contributed by atoms with Crippen molar-refractivity contribution in [3.63, 3.8) is 0 Å². The van der Waals surface area contributed by atoms with E-state index in [0.717, 1.165) is 11.3 Å². The Kier molecular flexibility index (Phi) is 3.87. The lowest BCUT2D eigenvalue weighted by Crippen LogP contribution is -2.44. The molecule has 0 spiro atoms. The van der Waals surface area contributed by atoms with Crippen LogP contribution in [0.2, 0.25) is 0 Å². The van der Waals surface area contributed by atoms with E-state index in [9.17, 15) is 26.7 Å². The lowest BCUT2D eigenvalue weighted by Gasteiger charge is -2.17. The number of hydrogen-bond donors (Lipinski definition) is 0. The van der Waals surface area contributed by atoms with Crippen molar-refractivity contribution in [2.45, 2.75) is 18.5 Å². The van der Waals surface area contributed by atoms with Gasteiger partial charge in [-0.3, -0.25) is 4.79 Å². The van der Waals surface area contributed by atoms with Crippen LogP contribution in [-0.2, 0) is 11.2 Å². The van der Waals surface area contributed by atoms with Gasteiger partial charge < -0.3 is 4.74 Å². The minimum absolute atomic E-state index is 0.104. The topological polar surface area (TPSA) is 39.2 Å². The average Bonchev–Trinajstić information content (AvgIpc) is 2.78. The lowest BCUT2D eigenvalue weighted by atomic mass is 10.1. The third kappa shape index (κ3) is 2.97. The molecule has 0 atom stereocenters. The van der Waals surface area contributed by atoms with Crippen LogP contribution in [0.1, 0.15) is 5.01 Å². The fraction of sp³-hybridized carbons (Fsp3) is 0.333. The number of benzene rings is 1. The number of fused-ring (bicyclic) bond motifs is 1. The van der Waals surface area contributed by atoms with E-state index >= 15 is 0 Å². The number of ether oxygens (including phenoxy) is 1. The molecule has 0 aliphatic rings. The predicted octanol–water partition coefficient (Wildman–Crippen LogP) is 3.61. The molecule has 0 bridgehead atoms. The van der Waals surface area contributed by atoms with Crippen molar-refractivity contribution in [2.75, 3.05) is 7.11 Å². The molecule has 2 rings (SSSR count). The maximum Gasteiger partial charge on any atom is 0.461 e. The molecule has 1 heterocycles. The Bertz CT molecular complexity index is 680. The number of carbonyl (C=O) groups is 1. The Balaban J connectivity index is 2.26. The first-order valence-electron chi connectivity index (χ1n) is 5.56. The molecule has 0 aliphatic carbocycles. The second-order valence-electron chi connectivity index (χ2n) is 4.11. The third-order valence-corrected chi connectivity index (χ3v) is 3.68. The molecule has 114 valence electrons. The molecule has 0 radical (unpaired) electrons. The molecular formula is C12H8F5NO2S. The van der Waals surface area contributed by atoms with Crippen LogP contribution in [0.3, 0.4) is 0 Å². The smallest absolute Gasteiger partial charge is 0.461 e. The molecule has 9 heteroatoms. The molecule has 0 unspecified atom stereocenters. The van der Waals surface area contributed by atoms with Crippen LogP contribution in [0, 0.1) is 0 Å². The van der Waals surface area contributed by atoms with Crippen LogP contribution in [0.15, 0.2) is 18.2 Å². The Hall–Kier alpha value is -1.77. The molecule has 0 amide bonds. The highest BCUT2D eigenvalue weighted by Gasteiger charge is 2.62. The molecule has 0 fully saturated rings. The first-order valence-corrected chi connectivity index (χ1v) is 6.38. The van der Waals surface area contributed by atoms with Gasteiger partial charge in [-0.2, -0.15) is 22.0 Å². The van der Waals surface area contributed by atoms with Crippen molar-refractivity contribution in [1.29, 1.82) is 0 Å². The van der Waals surface area contributed by atoms with Crippen LogP contribution < -0.4 is 4.74 Å². The van der Waals surface area contributed by atoms with Gasteiger partial charge in [0.2, 0.25) is 5.78 Å². The molecule has 0 aliphatic heterocycles. The summed E-state index contributed by atoms with van der Waals surface area (Å²) in [6.45, 7) is 0. The SMILES string of the molecule is COc1ccc2nc(CC(=O)C(F)(F)C(F)(F)F)sc2c1.